The molecule has 1 aliphatic rings. The molecule has 2 heterocycles. The van der Waals surface area contributed by atoms with Gasteiger partial charge >= 0.3 is 5.69 Å². The van der Waals surface area contributed by atoms with E-state index in [2.05, 4.69) is 16.4 Å². The fraction of sp³-hybridized carbons (Fsp3) is 0.462. The Morgan fingerprint density at radius 3 is 2.83 bits per heavy atom. The summed E-state index contributed by atoms with van der Waals surface area (Å²) in [4.78, 5) is 16.3. The van der Waals surface area contributed by atoms with Crippen LogP contribution >= 0.6 is 11.8 Å². The third-order valence-electron chi connectivity index (χ3n) is 3.61. The average Bonchev–Trinajstić information content (AvgIpc) is 2.75. The molecule has 1 aromatic heterocycles. The van der Waals surface area contributed by atoms with Crippen LogP contribution in [0.1, 0.15) is 18.9 Å². The molecule has 2 aromatic rings. The first-order valence-corrected chi connectivity index (χ1v) is 7.51. The molecule has 96 valence electrons. The minimum atomic E-state index is 0.0263. The summed E-state index contributed by atoms with van der Waals surface area (Å²) < 4.78 is 1.94. The number of para-hydroxylation sites is 1. The first kappa shape index (κ1) is 11.9. The second kappa shape index (κ2) is 4.82. The minimum absolute atomic E-state index is 0.0263. The Kier molecular flexibility index (Phi) is 3.18. The number of piperidine rings is 1. The molecule has 1 aliphatic heterocycles. The van der Waals surface area contributed by atoms with Crippen molar-refractivity contribution in [1.82, 2.24) is 14.9 Å². The molecular formula is C13H17N3OS. The molecule has 0 radical (unpaired) electrons. The van der Waals surface area contributed by atoms with E-state index in [-0.39, 0.29) is 5.69 Å². The van der Waals surface area contributed by atoms with E-state index in [0.29, 0.717) is 6.04 Å². The van der Waals surface area contributed by atoms with Crippen LogP contribution in [0.2, 0.25) is 0 Å². The third kappa shape index (κ3) is 1.87. The van der Waals surface area contributed by atoms with Crippen LogP contribution in [-0.2, 0) is 0 Å². The lowest BCUT2D eigenvalue weighted by atomic mass is 10.1. The van der Waals surface area contributed by atoms with Crippen molar-refractivity contribution in [2.75, 3.05) is 19.3 Å². The van der Waals surface area contributed by atoms with E-state index in [1.165, 1.54) is 0 Å². The van der Waals surface area contributed by atoms with Crippen molar-refractivity contribution in [2.45, 2.75) is 23.8 Å². The van der Waals surface area contributed by atoms with Crippen LogP contribution in [0.15, 0.2) is 27.9 Å². The number of aromatic amines is 1. The normalized spacial score (nSPS) is 17.4. The van der Waals surface area contributed by atoms with Gasteiger partial charge in [-0.15, -0.1) is 11.8 Å². The summed E-state index contributed by atoms with van der Waals surface area (Å²) in [6.45, 7) is 1.98. The number of hydrogen-bond donors (Lipinski definition) is 2. The van der Waals surface area contributed by atoms with Crippen LogP contribution in [0.25, 0.3) is 11.0 Å². The second-order valence-electron chi connectivity index (χ2n) is 4.64. The number of H-pyrrole nitrogens is 1. The van der Waals surface area contributed by atoms with E-state index >= 15 is 0 Å². The Hall–Kier alpha value is -1.20. The molecule has 0 spiro atoms. The lowest BCUT2D eigenvalue weighted by Gasteiger charge is -2.23. The first-order valence-electron chi connectivity index (χ1n) is 6.29. The lowest BCUT2D eigenvalue weighted by molar-refractivity contribution is 0.368. The van der Waals surface area contributed by atoms with Crippen molar-refractivity contribution in [3.63, 3.8) is 0 Å². The van der Waals surface area contributed by atoms with Gasteiger partial charge in [0.1, 0.15) is 0 Å². The first-order chi connectivity index (χ1) is 8.81. The van der Waals surface area contributed by atoms with E-state index in [0.717, 1.165) is 41.9 Å². The monoisotopic (exact) mass is 263 g/mol. The van der Waals surface area contributed by atoms with Gasteiger partial charge in [-0.3, -0.25) is 4.57 Å². The number of thioether (sulfide) groups is 1. The maximum atomic E-state index is 12.2. The van der Waals surface area contributed by atoms with Gasteiger partial charge in [-0.2, -0.15) is 0 Å². The molecule has 0 unspecified atom stereocenters. The molecule has 18 heavy (non-hydrogen) atoms. The predicted octanol–water partition coefficient (Wildman–Crippen LogP) is 1.98. The van der Waals surface area contributed by atoms with Gasteiger partial charge in [-0.1, -0.05) is 6.07 Å². The van der Waals surface area contributed by atoms with E-state index in [9.17, 15) is 4.79 Å². The van der Waals surface area contributed by atoms with Crippen molar-refractivity contribution in [2.24, 2.45) is 0 Å². The van der Waals surface area contributed by atoms with Gasteiger partial charge in [-0.25, -0.2) is 4.79 Å². The topological polar surface area (TPSA) is 49.8 Å². The van der Waals surface area contributed by atoms with Gasteiger partial charge in [0, 0.05) is 10.9 Å². The van der Waals surface area contributed by atoms with Gasteiger partial charge in [0.25, 0.3) is 0 Å². The number of nitrogens with zero attached hydrogens (tertiary/aromatic N) is 1. The zero-order chi connectivity index (χ0) is 12.5. The van der Waals surface area contributed by atoms with E-state index in [1.807, 2.05) is 23.0 Å². The molecule has 2 N–H and O–H groups in total. The van der Waals surface area contributed by atoms with E-state index in [4.69, 9.17) is 0 Å². The SMILES string of the molecule is CSc1cccc2c1[nH]c(=O)n2C1CCNCC1. The number of imidazole rings is 1. The maximum absolute atomic E-state index is 12.2. The molecule has 1 fully saturated rings. The molecule has 4 nitrogen and oxygen atoms in total. The van der Waals surface area contributed by atoms with E-state index < -0.39 is 0 Å². The summed E-state index contributed by atoms with van der Waals surface area (Å²) >= 11 is 1.67. The van der Waals surface area contributed by atoms with Gasteiger partial charge < -0.3 is 10.3 Å². The number of hydrogen-bond acceptors (Lipinski definition) is 3. The molecule has 0 bridgehead atoms. The Balaban J connectivity index is 2.16. The fourth-order valence-electron chi connectivity index (χ4n) is 2.72. The quantitative estimate of drug-likeness (QED) is 0.815. The smallest absolute Gasteiger partial charge is 0.317 e. The van der Waals surface area contributed by atoms with E-state index in [1.54, 1.807) is 11.8 Å². The minimum Gasteiger partial charge on any atom is -0.317 e. The van der Waals surface area contributed by atoms with Gasteiger partial charge in [0.2, 0.25) is 0 Å². The van der Waals surface area contributed by atoms with Crippen molar-refractivity contribution >= 4 is 22.8 Å². The summed E-state index contributed by atoms with van der Waals surface area (Å²) in [7, 11) is 0. The lowest BCUT2D eigenvalue weighted by Crippen LogP contribution is -2.33. The van der Waals surface area contributed by atoms with Gasteiger partial charge in [-0.05, 0) is 44.3 Å². The molecule has 0 saturated carbocycles. The summed E-state index contributed by atoms with van der Waals surface area (Å²) in [5, 5.41) is 3.34. The number of aromatic nitrogens is 2. The second-order valence-corrected chi connectivity index (χ2v) is 5.48. The standard InChI is InChI=1S/C13H17N3OS/c1-18-11-4-2-3-10-12(11)15-13(17)16(10)9-5-7-14-8-6-9/h2-4,9,14H,5-8H2,1H3,(H,15,17). The molecule has 1 saturated heterocycles. The van der Waals surface area contributed by atoms with Crippen molar-refractivity contribution < 1.29 is 0 Å². The summed E-state index contributed by atoms with van der Waals surface area (Å²) in [5.41, 5.74) is 2.05. The van der Waals surface area contributed by atoms with Crippen LogP contribution in [-0.4, -0.2) is 28.9 Å². The predicted molar refractivity (Wildman–Crippen MR) is 75.5 cm³/mol. The largest absolute Gasteiger partial charge is 0.326 e. The summed E-state index contributed by atoms with van der Waals surface area (Å²) in [5.74, 6) is 0. The highest BCUT2D eigenvalue weighted by molar-refractivity contribution is 7.98. The van der Waals surface area contributed by atoms with Gasteiger partial charge in [0.15, 0.2) is 0 Å². The number of fused-ring (bicyclic) bond motifs is 1. The average molecular weight is 263 g/mol. The molecule has 0 atom stereocenters. The van der Waals surface area contributed by atoms with Crippen molar-refractivity contribution in [3.8, 4) is 0 Å². The Morgan fingerprint density at radius 2 is 2.11 bits per heavy atom. The number of rotatable bonds is 2. The molecule has 0 aliphatic carbocycles. The maximum Gasteiger partial charge on any atom is 0.326 e. The zero-order valence-corrected chi connectivity index (χ0v) is 11.2. The molecule has 1 aromatic carbocycles. The van der Waals surface area contributed by atoms with Crippen LogP contribution in [0.3, 0.4) is 0 Å². The molecular weight excluding hydrogens is 246 g/mol. The Morgan fingerprint density at radius 1 is 1.33 bits per heavy atom. The Bertz CT molecular complexity index is 610. The number of nitrogens with one attached hydrogen (secondary N) is 2. The highest BCUT2D eigenvalue weighted by Gasteiger charge is 2.20. The van der Waals surface area contributed by atoms with Crippen LogP contribution in [0.4, 0.5) is 0 Å². The van der Waals surface area contributed by atoms with Crippen LogP contribution in [0.5, 0.6) is 0 Å². The molecule has 5 heteroatoms. The van der Waals surface area contributed by atoms with Gasteiger partial charge in [0.05, 0.1) is 11.0 Å². The molecule has 3 rings (SSSR count). The van der Waals surface area contributed by atoms with Crippen molar-refractivity contribution in [1.29, 1.82) is 0 Å². The Labute approximate surface area is 110 Å². The highest BCUT2D eigenvalue weighted by Crippen LogP contribution is 2.27. The van der Waals surface area contributed by atoms with Crippen LogP contribution < -0.4 is 11.0 Å². The molecule has 0 amide bonds. The van der Waals surface area contributed by atoms with Crippen LogP contribution in [0, 0.1) is 0 Å². The zero-order valence-electron chi connectivity index (χ0n) is 10.4. The summed E-state index contributed by atoms with van der Waals surface area (Å²) in [6, 6.07) is 6.44. The third-order valence-corrected chi connectivity index (χ3v) is 4.39. The summed E-state index contributed by atoms with van der Waals surface area (Å²) in [6.07, 6.45) is 4.08. The van der Waals surface area contributed by atoms with Crippen molar-refractivity contribution in [3.05, 3.63) is 28.7 Å². The fourth-order valence-corrected chi connectivity index (χ4v) is 3.29. The number of benzene rings is 1. The highest BCUT2D eigenvalue weighted by atomic mass is 32.2.